The molecule has 0 radical (unpaired) electrons. The monoisotopic (exact) mass is 156 g/mol. The van der Waals surface area contributed by atoms with Crippen LogP contribution in [-0.2, 0) is 9.47 Å². The third-order valence-corrected chi connectivity index (χ3v) is 0.929. The number of unbranched alkanes of at least 4 members (excludes halogenated alkanes) is 1. The van der Waals surface area contributed by atoms with E-state index in [-0.39, 0.29) is 6.61 Å². The maximum absolute atomic E-state index is 10.3. The van der Waals surface area contributed by atoms with Crippen molar-refractivity contribution >= 4 is 6.16 Å². The van der Waals surface area contributed by atoms with E-state index in [0.29, 0.717) is 0 Å². The molecule has 11 heavy (non-hydrogen) atoms. The van der Waals surface area contributed by atoms with E-state index in [9.17, 15) is 4.79 Å². The van der Waals surface area contributed by atoms with Gasteiger partial charge >= 0.3 is 6.16 Å². The second kappa shape index (κ2) is 6.94. The van der Waals surface area contributed by atoms with E-state index in [0.717, 1.165) is 12.8 Å². The lowest BCUT2D eigenvalue weighted by atomic mass is 10.3. The van der Waals surface area contributed by atoms with E-state index in [2.05, 4.69) is 21.3 Å². The molecule has 0 aliphatic carbocycles. The average molecular weight is 156 g/mol. The summed E-state index contributed by atoms with van der Waals surface area (Å²) in [6.45, 7) is 2.16. The number of hydrogen-bond acceptors (Lipinski definition) is 3. The molecule has 0 aromatic heterocycles. The first-order valence-corrected chi connectivity index (χ1v) is 3.47. The summed E-state index contributed by atoms with van der Waals surface area (Å²) in [7, 11) is 1.27. The van der Waals surface area contributed by atoms with Crippen LogP contribution in [0.15, 0.2) is 0 Å². The van der Waals surface area contributed by atoms with E-state index >= 15 is 0 Å². The largest absolute Gasteiger partial charge is 0.508 e. The van der Waals surface area contributed by atoms with Gasteiger partial charge in [0.2, 0.25) is 0 Å². The van der Waals surface area contributed by atoms with Gasteiger partial charge in [0.1, 0.15) is 0 Å². The zero-order valence-corrected chi connectivity index (χ0v) is 6.85. The van der Waals surface area contributed by atoms with Crippen molar-refractivity contribution in [3.8, 4) is 11.8 Å². The molecule has 62 valence electrons. The van der Waals surface area contributed by atoms with Gasteiger partial charge in [-0.1, -0.05) is 18.8 Å². The normalized spacial score (nSPS) is 7.82. The van der Waals surface area contributed by atoms with Gasteiger partial charge in [0.25, 0.3) is 0 Å². The molecule has 0 atom stereocenters. The highest BCUT2D eigenvalue weighted by atomic mass is 16.7. The fraction of sp³-hybridized carbons (Fsp3) is 0.625. The minimum absolute atomic E-state index is 0.118. The summed E-state index contributed by atoms with van der Waals surface area (Å²) in [6.07, 6.45) is 1.17. The van der Waals surface area contributed by atoms with Gasteiger partial charge < -0.3 is 9.47 Å². The zero-order chi connectivity index (χ0) is 8.53. The quantitative estimate of drug-likeness (QED) is 0.449. The number of carbonyl (C=O) groups is 1. The second-order valence-corrected chi connectivity index (χ2v) is 1.85. The van der Waals surface area contributed by atoms with Gasteiger partial charge in [0, 0.05) is 6.42 Å². The van der Waals surface area contributed by atoms with E-state index in [4.69, 9.17) is 0 Å². The molecule has 0 aromatic rings. The first-order valence-electron chi connectivity index (χ1n) is 3.47. The average Bonchev–Trinajstić information content (AvgIpc) is 2.04. The van der Waals surface area contributed by atoms with Crippen LogP contribution in [0.25, 0.3) is 0 Å². The molecule has 0 N–H and O–H groups in total. The molecule has 0 amide bonds. The highest BCUT2D eigenvalue weighted by Gasteiger charge is 1.94. The van der Waals surface area contributed by atoms with Crippen LogP contribution in [0.4, 0.5) is 4.79 Å². The smallest absolute Gasteiger partial charge is 0.438 e. The predicted molar refractivity (Wildman–Crippen MR) is 41.0 cm³/mol. The van der Waals surface area contributed by atoms with Gasteiger partial charge in [-0.2, -0.15) is 0 Å². The summed E-state index contributed by atoms with van der Waals surface area (Å²) < 4.78 is 8.73. The Labute approximate surface area is 66.7 Å². The lowest BCUT2D eigenvalue weighted by Crippen LogP contribution is -2.03. The molecule has 0 fully saturated rings. The Balaban J connectivity index is 3.28. The molecule has 0 saturated heterocycles. The van der Waals surface area contributed by atoms with Gasteiger partial charge in [0.15, 0.2) is 6.61 Å². The molecule has 3 heteroatoms. The number of carbonyl (C=O) groups excluding carboxylic acids is 1. The van der Waals surface area contributed by atoms with Crippen LogP contribution in [0.1, 0.15) is 19.8 Å². The molecule has 0 aromatic carbocycles. The van der Waals surface area contributed by atoms with Crippen molar-refractivity contribution in [1.82, 2.24) is 0 Å². The van der Waals surface area contributed by atoms with Gasteiger partial charge in [0.05, 0.1) is 7.11 Å². The summed E-state index contributed by atoms with van der Waals surface area (Å²) >= 11 is 0. The fourth-order valence-corrected chi connectivity index (χ4v) is 0.418. The first kappa shape index (κ1) is 9.83. The van der Waals surface area contributed by atoms with Gasteiger partial charge in [-0.05, 0) is 6.42 Å². The van der Waals surface area contributed by atoms with Crippen LogP contribution in [0.5, 0.6) is 0 Å². The minimum atomic E-state index is -0.684. The van der Waals surface area contributed by atoms with Gasteiger partial charge in [-0.3, -0.25) is 0 Å². The van der Waals surface area contributed by atoms with Crippen molar-refractivity contribution in [1.29, 1.82) is 0 Å². The van der Waals surface area contributed by atoms with Gasteiger partial charge in [-0.15, -0.1) is 0 Å². The fourth-order valence-electron chi connectivity index (χ4n) is 0.418. The second-order valence-electron chi connectivity index (χ2n) is 1.85. The zero-order valence-electron chi connectivity index (χ0n) is 6.85. The lowest BCUT2D eigenvalue weighted by molar-refractivity contribution is 0.0832. The standard InChI is InChI=1S/C8H12O3/c1-3-4-5-6-7-11-8(9)10-2/h3-4,7H2,1-2H3. The number of ether oxygens (including phenoxy) is 2. The molecule has 0 aliphatic rings. The van der Waals surface area contributed by atoms with Crippen LogP contribution in [0, 0.1) is 11.8 Å². The number of hydrogen-bond donors (Lipinski definition) is 0. The van der Waals surface area contributed by atoms with Crippen LogP contribution in [-0.4, -0.2) is 19.9 Å². The summed E-state index contributed by atoms with van der Waals surface area (Å²) in [6, 6.07) is 0. The molecule has 0 bridgehead atoms. The van der Waals surface area contributed by atoms with Crippen molar-refractivity contribution in [3.05, 3.63) is 0 Å². The Kier molecular flexibility index (Phi) is 6.20. The first-order chi connectivity index (χ1) is 5.31. The molecule has 0 saturated carbocycles. The van der Waals surface area contributed by atoms with Crippen LogP contribution < -0.4 is 0 Å². The van der Waals surface area contributed by atoms with Crippen molar-refractivity contribution in [2.24, 2.45) is 0 Å². The Morgan fingerprint density at radius 1 is 1.45 bits per heavy atom. The highest BCUT2D eigenvalue weighted by molar-refractivity contribution is 5.59. The highest BCUT2D eigenvalue weighted by Crippen LogP contribution is 1.83. The topological polar surface area (TPSA) is 35.5 Å². The Hall–Kier alpha value is -1.17. The Morgan fingerprint density at radius 3 is 2.73 bits per heavy atom. The van der Waals surface area contributed by atoms with Crippen LogP contribution >= 0.6 is 0 Å². The lowest BCUT2D eigenvalue weighted by Gasteiger charge is -1.95. The number of rotatable bonds is 2. The molecule has 0 aliphatic heterocycles. The molecule has 0 unspecified atom stereocenters. The van der Waals surface area contributed by atoms with Crippen LogP contribution in [0.2, 0.25) is 0 Å². The summed E-state index contributed by atoms with van der Waals surface area (Å²) in [5, 5.41) is 0. The third kappa shape index (κ3) is 6.72. The maximum Gasteiger partial charge on any atom is 0.508 e. The third-order valence-electron chi connectivity index (χ3n) is 0.929. The number of methoxy groups -OCH3 is 1. The van der Waals surface area contributed by atoms with E-state index in [1.165, 1.54) is 7.11 Å². The van der Waals surface area contributed by atoms with Crippen molar-refractivity contribution in [2.75, 3.05) is 13.7 Å². The molecular formula is C8H12O3. The van der Waals surface area contributed by atoms with Crippen molar-refractivity contribution in [3.63, 3.8) is 0 Å². The van der Waals surface area contributed by atoms with Crippen LogP contribution in [0.3, 0.4) is 0 Å². The van der Waals surface area contributed by atoms with E-state index < -0.39 is 6.16 Å². The Bertz CT molecular complexity index is 164. The van der Waals surface area contributed by atoms with Crippen molar-refractivity contribution < 1.29 is 14.3 Å². The summed E-state index contributed by atoms with van der Waals surface area (Å²) in [4.78, 5) is 10.3. The minimum Gasteiger partial charge on any atom is -0.438 e. The summed E-state index contributed by atoms with van der Waals surface area (Å²) in [5.41, 5.74) is 0. The molecule has 3 nitrogen and oxygen atoms in total. The molecule has 0 rings (SSSR count). The molecular weight excluding hydrogens is 144 g/mol. The predicted octanol–water partition coefficient (Wildman–Crippen LogP) is 1.57. The molecule has 0 heterocycles. The van der Waals surface area contributed by atoms with E-state index in [1.807, 2.05) is 6.92 Å². The SMILES string of the molecule is CCCC#CCOC(=O)OC. The maximum atomic E-state index is 10.3. The van der Waals surface area contributed by atoms with E-state index in [1.54, 1.807) is 0 Å². The van der Waals surface area contributed by atoms with Gasteiger partial charge in [-0.25, -0.2) is 4.79 Å². The Morgan fingerprint density at radius 2 is 2.18 bits per heavy atom. The molecule has 0 spiro atoms. The van der Waals surface area contributed by atoms with Crippen molar-refractivity contribution in [2.45, 2.75) is 19.8 Å². The summed E-state index contributed by atoms with van der Waals surface area (Å²) in [5.74, 6) is 5.51.